The minimum absolute atomic E-state index is 0.0178. The fraction of sp³-hybridized carbons (Fsp3) is 0.357. The van der Waals surface area contributed by atoms with Crippen LogP contribution in [0.2, 0.25) is 5.02 Å². The number of rotatable bonds is 8. The molecule has 1 heterocycles. The summed E-state index contributed by atoms with van der Waals surface area (Å²) in [6.07, 6.45) is 1.30. The van der Waals surface area contributed by atoms with Gasteiger partial charge >= 0.3 is 0 Å². The van der Waals surface area contributed by atoms with Gasteiger partial charge in [-0.3, -0.25) is 9.59 Å². The Morgan fingerprint density at radius 3 is 2.63 bits per heavy atom. The first-order chi connectivity index (χ1) is 16.9. The van der Waals surface area contributed by atoms with Gasteiger partial charge in [0.15, 0.2) is 0 Å². The van der Waals surface area contributed by atoms with Crippen molar-refractivity contribution in [3.8, 4) is 0 Å². The number of halogens is 1. The molecule has 184 valence electrons. The molecule has 0 aromatic heterocycles. The van der Waals surface area contributed by atoms with Crippen LogP contribution < -0.4 is 16.4 Å². The Bertz CT molecular complexity index is 1170. The van der Waals surface area contributed by atoms with E-state index in [1.807, 2.05) is 71.6 Å². The average molecular weight is 493 g/mol. The van der Waals surface area contributed by atoms with Crippen LogP contribution >= 0.6 is 11.6 Å². The fourth-order valence-electron chi connectivity index (χ4n) is 4.67. The van der Waals surface area contributed by atoms with Gasteiger partial charge in [0.2, 0.25) is 5.91 Å². The third-order valence-corrected chi connectivity index (χ3v) is 6.96. The number of nitrogens with one attached hydrogen (secondary N) is 2. The highest BCUT2D eigenvalue weighted by molar-refractivity contribution is 6.30. The van der Waals surface area contributed by atoms with Gasteiger partial charge in [-0.2, -0.15) is 0 Å². The third kappa shape index (κ3) is 6.40. The van der Waals surface area contributed by atoms with Crippen LogP contribution in [0.5, 0.6) is 0 Å². The summed E-state index contributed by atoms with van der Waals surface area (Å²) in [5.41, 5.74) is 7.60. The molecule has 0 saturated carbocycles. The molecule has 7 heteroatoms. The molecule has 4 N–H and O–H groups in total. The number of nitrogens with zero attached hydrogens (tertiary/aromatic N) is 1. The maximum absolute atomic E-state index is 13.3. The zero-order chi connectivity index (χ0) is 24.8. The Labute approximate surface area is 211 Å². The molecule has 3 atom stereocenters. The lowest BCUT2D eigenvalue weighted by Gasteiger charge is -2.27. The van der Waals surface area contributed by atoms with Crippen molar-refractivity contribution in [1.29, 1.82) is 0 Å². The summed E-state index contributed by atoms with van der Waals surface area (Å²) in [7, 11) is 0. The van der Waals surface area contributed by atoms with E-state index in [0.717, 1.165) is 22.8 Å². The number of benzene rings is 3. The van der Waals surface area contributed by atoms with Gasteiger partial charge in [0.05, 0.1) is 6.04 Å². The second kappa shape index (κ2) is 11.7. The molecule has 0 spiro atoms. The second-order valence-electron chi connectivity index (χ2n) is 9.29. The number of fused-ring (bicyclic) bond motifs is 1. The molecule has 6 nitrogen and oxygen atoms in total. The molecule has 0 aliphatic carbocycles. The summed E-state index contributed by atoms with van der Waals surface area (Å²) in [5, 5.41) is 9.34. The van der Waals surface area contributed by atoms with Gasteiger partial charge in [0, 0.05) is 36.3 Å². The van der Waals surface area contributed by atoms with Crippen LogP contribution in [-0.4, -0.2) is 55.0 Å². The van der Waals surface area contributed by atoms with Crippen LogP contribution in [0.15, 0.2) is 66.7 Å². The molecule has 4 rings (SSSR count). The minimum atomic E-state index is -0.359. The Kier molecular flexibility index (Phi) is 8.39. The molecule has 1 fully saturated rings. The van der Waals surface area contributed by atoms with E-state index in [1.54, 1.807) is 0 Å². The summed E-state index contributed by atoms with van der Waals surface area (Å²) in [6, 6.07) is 21.1. The Morgan fingerprint density at radius 1 is 1.14 bits per heavy atom. The lowest BCUT2D eigenvalue weighted by Crippen LogP contribution is -2.49. The van der Waals surface area contributed by atoms with Gasteiger partial charge in [-0.25, -0.2) is 0 Å². The molecule has 0 bridgehead atoms. The molecule has 3 aromatic carbocycles. The largest absolute Gasteiger partial charge is 0.350 e. The van der Waals surface area contributed by atoms with Crippen LogP contribution in [0.25, 0.3) is 10.8 Å². The zero-order valence-electron chi connectivity index (χ0n) is 20.0. The number of hydrogen-bond acceptors (Lipinski definition) is 4. The predicted octanol–water partition coefficient (Wildman–Crippen LogP) is 3.93. The number of hydrogen-bond donors (Lipinski definition) is 3. The van der Waals surface area contributed by atoms with Crippen molar-refractivity contribution in [3.63, 3.8) is 0 Å². The molecule has 3 aromatic rings. The Balaban J connectivity index is 1.39. The minimum Gasteiger partial charge on any atom is -0.350 e. The van der Waals surface area contributed by atoms with E-state index in [-0.39, 0.29) is 29.8 Å². The normalized spacial score (nSPS) is 19.4. The monoisotopic (exact) mass is 492 g/mol. The molecular formula is C28H33ClN4O2. The second-order valence-corrected chi connectivity index (χ2v) is 9.73. The van der Waals surface area contributed by atoms with Crippen molar-refractivity contribution in [2.24, 2.45) is 5.73 Å². The van der Waals surface area contributed by atoms with Crippen molar-refractivity contribution in [3.05, 3.63) is 82.9 Å². The quantitative estimate of drug-likeness (QED) is 0.444. The highest BCUT2D eigenvalue weighted by Crippen LogP contribution is 2.21. The Morgan fingerprint density at radius 2 is 1.89 bits per heavy atom. The van der Waals surface area contributed by atoms with Crippen molar-refractivity contribution < 1.29 is 9.59 Å². The summed E-state index contributed by atoms with van der Waals surface area (Å²) in [5.74, 6) is 0.134. The smallest absolute Gasteiger partial charge is 0.251 e. The molecule has 1 aliphatic heterocycles. The number of carbonyl (C=O) groups excluding carboxylic acids is 2. The van der Waals surface area contributed by atoms with Gasteiger partial charge in [0.1, 0.15) is 0 Å². The number of amides is 2. The molecule has 1 aliphatic rings. The Hall–Kier alpha value is -2.93. The molecule has 0 unspecified atom stereocenters. The van der Waals surface area contributed by atoms with Crippen molar-refractivity contribution in [2.45, 2.75) is 37.8 Å². The summed E-state index contributed by atoms with van der Waals surface area (Å²) in [6.45, 7) is 4.23. The first-order valence-corrected chi connectivity index (χ1v) is 12.6. The number of carbonyl (C=O) groups is 2. The van der Waals surface area contributed by atoms with Crippen molar-refractivity contribution >= 4 is 34.2 Å². The zero-order valence-corrected chi connectivity index (χ0v) is 20.8. The van der Waals surface area contributed by atoms with Crippen molar-refractivity contribution in [1.82, 2.24) is 15.5 Å². The average Bonchev–Trinajstić information content (AvgIpc) is 3.01. The van der Waals surface area contributed by atoms with E-state index in [4.69, 9.17) is 17.3 Å². The summed E-state index contributed by atoms with van der Waals surface area (Å²) in [4.78, 5) is 28.0. The van der Waals surface area contributed by atoms with E-state index in [0.29, 0.717) is 43.2 Å². The first-order valence-electron chi connectivity index (χ1n) is 12.2. The highest BCUT2D eigenvalue weighted by Gasteiger charge is 2.31. The standard InChI is InChI=1S/C28H33ClN4O2/c1-19(20-8-10-24(29)11-9-20)18-33-15-13-25(32-26(12-14-30)28(33)35)17-31-27(34)23-7-6-21-4-2-3-5-22(21)16-23/h2-11,16,19,25-26,32H,12-15,17-18,30H2,1H3,(H,31,34)/t19-,25+,26+/m0/s1. The van der Waals surface area contributed by atoms with E-state index in [1.165, 1.54) is 0 Å². The van der Waals surface area contributed by atoms with Crippen molar-refractivity contribution in [2.75, 3.05) is 26.2 Å². The van der Waals surface area contributed by atoms with Gasteiger partial charge < -0.3 is 21.3 Å². The van der Waals surface area contributed by atoms with Gasteiger partial charge in [-0.1, -0.05) is 61.0 Å². The van der Waals surface area contributed by atoms with Gasteiger partial charge in [-0.05, 0) is 65.9 Å². The van der Waals surface area contributed by atoms with Crippen LogP contribution in [0.4, 0.5) is 0 Å². The third-order valence-electron chi connectivity index (χ3n) is 6.70. The molecule has 2 amide bonds. The summed E-state index contributed by atoms with van der Waals surface area (Å²) < 4.78 is 0. The highest BCUT2D eigenvalue weighted by atomic mass is 35.5. The summed E-state index contributed by atoms with van der Waals surface area (Å²) >= 11 is 6.03. The van der Waals surface area contributed by atoms with Gasteiger partial charge in [-0.15, -0.1) is 0 Å². The molecular weight excluding hydrogens is 460 g/mol. The van der Waals surface area contributed by atoms with Crippen LogP contribution in [0.1, 0.15) is 41.6 Å². The molecule has 0 radical (unpaired) electrons. The number of nitrogens with two attached hydrogens (primary N) is 1. The maximum atomic E-state index is 13.3. The van der Waals surface area contributed by atoms with E-state index in [9.17, 15) is 9.59 Å². The van der Waals surface area contributed by atoms with Crippen LogP contribution in [-0.2, 0) is 4.79 Å². The van der Waals surface area contributed by atoms with Gasteiger partial charge in [0.25, 0.3) is 5.91 Å². The lowest BCUT2D eigenvalue weighted by atomic mass is 10.00. The first kappa shape index (κ1) is 25.2. The molecule has 1 saturated heterocycles. The topological polar surface area (TPSA) is 87.5 Å². The van der Waals surface area contributed by atoms with E-state index in [2.05, 4.69) is 17.6 Å². The fourth-order valence-corrected chi connectivity index (χ4v) is 4.80. The van der Waals surface area contributed by atoms with E-state index >= 15 is 0 Å². The van der Waals surface area contributed by atoms with E-state index < -0.39 is 0 Å². The predicted molar refractivity (Wildman–Crippen MR) is 142 cm³/mol. The SMILES string of the molecule is C[C@@H](CN1CC[C@H](CNC(=O)c2ccc3ccccc3c2)N[C@H](CCN)C1=O)c1ccc(Cl)cc1. The van der Waals surface area contributed by atoms with Crippen LogP contribution in [0.3, 0.4) is 0 Å². The maximum Gasteiger partial charge on any atom is 0.251 e. The van der Waals surface area contributed by atoms with Crippen LogP contribution in [0, 0.1) is 0 Å². The lowest BCUT2D eigenvalue weighted by molar-refractivity contribution is -0.133. The molecule has 35 heavy (non-hydrogen) atoms.